The molecule has 15 heavy (non-hydrogen) atoms. The number of aromatic nitrogens is 3. The molecule has 0 saturated heterocycles. The minimum absolute atomic E-state index is 0.368. The number of halogens is 1. The molecule has 1 heterocycles. The molecule has 78 valence electrons. The molecule has 1 aromatic heterocycles. The molecule has 3 nitrogen and oxygen atoms in total. The van der Waals surface area contributed by atoms with Crippen molar-refractivity contribution in [2.24, 2.45) is 0 Å². The fraction of sp³-hybridized carbons (Fsp3) is 0.273. The van der Waals surface area contributed by atoms with E-state index in [1.807, 2.05) is 4.57 Å². The van der Waals surface area contributed by atoms with Crippen LogP contribution in [0.2, 0.25) is 0 Å². The van der Waals surface area contributed by atoms with Gasteiger partial charge in [-0.1, -0.05) is 12.1 Å². The van der Waals surface area contributed by atoms with Gasteiger partial charge in [0.2, 0.25) is 0 Å². The predicted molar refractivity (Wildman–Crippen MR) is 60.4 cm³/mol. The number of alkyl halides is 1. The van der Waals surface area contributed by atoms with Gasteiger partial charge in [-0.05, 0) is 31.0 Å². The minimum Gasteiger partial charge on any atom is -0.284 e. The van der Waals surface area contributed by atoms with E-state index in [2.05, 4.69) is 42.2 Å². The van der Waals surface area contributed by atoms with Crippen molar-refractivity contribution in [1.29, 1.82) is 0 Å². The fourth-order valence-corrected chi connectivity index (χ4v) is 1.71. The lowest BCUT2D eigenvalue weighted by molar-refractivity contribution is 0.942. The van der Waals surface area contributed by atoms with Crippen molar-refractivity contribution in [2.45, 2.75) is 19.7 Å². The molecule has 0 amide bonds. The van der Waals surface area contributed by atoms with Crippen LogP contribution in [-0.2, 0) is 5.88 Å². The maximum absolute atomic E-state index is 5.79. The summed E-state index contributed by atoms with van der Waals surface area (Å²) in [6.07, 6.45) is 1.69. The van der Waals surface area contributed by atoms with Crippen molar-refractivity contribution in [3.8, 4) is 5.69 Å². The maximum Gasteiger partial charge on any atom is 0.152 e. The highest BCUT2D eigenvalue weighted by molar-refractivity contribution is 6.16. The number of nitrogens with zero attached hydrogens (tertiary/aromatic N) is 3. The van der Waals surface area contributed by atoms with Crippen LogP contribution in [0.4, 0.5) is 0 Å². The monoisotopic (exact) mass is 221 g/mol. The van der Waals surface area contributed by atoms with E-state index in [0.717, 1.165) is 11.5 Å². The molecule has 0 fully saturated rings. The lowest BCUT2D eigenvalue weighted by Gasteiger charge is -2.09. The zero-order valence-corrected chi connectivity index (χ0v) is 9.49. The normalized spacial score (nSPS) is 10.6. The van der Waals surface area contributed by atoms with Crippen molar-refractivity contribution in [2.75, 3.05) is 0 Å². The molecule has 2 aromatic rings. The summed E-state index contributed by atoms with van der Waals surface area (Å²) in [5.41, 5.74) is 3.49. The van der Waals surface area contributed by atoms with Crippen LogP contribution in [0.25, 0.3) is 5.69 Å². The van der Waals surface area contributed by atoms with Gasteiger partial charge in [0.15, 0.2) is 5.82 Å². The molecule has 0 atom stereocenters. The summed E-state index contributed by atoms with van der Waals surface area (Å²) in [7, 11) is 0. The molecular weight excluding hydrogens is 210 g/mol. The summed E-state index contributed by atoms with van der Waals surface area (Å²) >= 11 is 5.79. The van der Waals surface area contributed by atoms with Gasteiger partial charge in [0, 0.05) is 0 Å². The first kappa shape index (κ1) is 10.2. The summed E-state index contributed by atoms with van der Waals surface area (Å²) in [6.45, 7) is 4.13. The van der Waals surface area contributed by atoms with Crippen LogP contribution >= 0.6 is 11.6 Å². The highest BCUT2D eigenvalue weighted by atomic mass is 35.5. The first-order chi connectivity index (χ1) is 7.22. The van der Waals surface area contributed by atoms with Crippen molar-refractivity contribution in [3.63, 3.8) is 0 Å². The van der Waals surface area contributed by atoms with Crippen LogP contribution in [0.3, 0.4) is 0 Å². The first-order valence-corrected chi connectivity index (χ1v) is 5.28. The molecular formula is C11H12ClN3. The second-order valence-electron chi connectivity index (χ2n) is 3.54. The van der Waals surface area contributed by atoms with Crippen LogP contribution in [0, 0.1) is 13.8 Å². The van der Waals surface area contributed by atoms with E-state index in [4.69, 9.17) is 11.6 Å². The molecule has 2 rings (SSSR count). The number of aryl methyl sites for hydroxylation is 2. The summed E-state index contributed by atoms with van der Waals surface area (Å²) in [5.74, 6) is 1.14. The third kappa shape index (κ3) is 1.88. The number of benzene rings is 1. The molecule has 1 aromatic carbocycles. The molecule has 0 spiro atoms. The van der Waals surface area contributed by atoms with E-state index < -0.39 is 0 Å². The average molecular weight is 222 g/mol. The van der Waals surface area contributed by atoms with Crippen LogP contribution in [0.5, 0.6) is 0 Å². The molecule has 0 aliphatic carbocycles. The van der Waals surface area contributed by atoms with E-state index >= 15 is 0 Å². The van der Waals surface area contributed by atoms with Gasteiger partial charge in [-0.3, -0.25) is 4.57 Å². The minimum atomic E-state index is 0.368. The zero-order chi connectivity index (χ0) is 10.8. The SMILES string of the molecule is Cc1ccc(C)c(-n2cnnc2CCl)c1. The molecule has 0 unspecified atom stereocenters. The Morgan fingerprint density at radius 2 is 2.13 bits per heavy atom. The van der Waals surface area contributed by atoms with Crippen molar-refractivity contribution >= 4 is 11.6 Å². The topological polar surface area (TPSA) is 30.7 Å². The third-order valence-corrected chi connectivity index (χ3v) is 2.60. The Morgan fingerprint density at radius 1 is 1.33 bits per heavy atom. The quantitative estimate of drug-likeness (QED) is 0.730. The van der Waals surface area contributed by atoms with Gasteiger partial charge in [-0.2, -0.15) is 0 Å². The van der Waals surface area contributed by atoms with E-state index in [1.54, 1.807) is 6.33 Å². The van der Waals surface area contributed by atoms with Crippen molar-refractivity contribution in [1.82, 2.24) is 14.8 Å². The lowest BCUT2D eigenvalue weighted by atomic mass is 10.1. The third-order valence-electron chi connectivity index (χ3n) is 2.36. The van der Waals surface area contributed by atoms with Crippen molar-refractivity contribution in [3.05, 3.63) is 41.5 Å². The molecule has 0 aliphatic rings. The Morgan fingerprint density at radius 3 is 2.87 bits per heavy atom. The van der Waals surface area contributed by atoms with Crippen LogP contribution in [-0.4, -0.2) is 14.8 Å². The number of hydrogen-bond donors (Lipinski definition) is 0. The average Bonchev–Trinajstić information content (AvgIpc) is 2.69. The van der Waals surface area contributed by atoms with Crippen LogP contribution < -0.4 is 0 Å². The molecule has 0 saturated carbocycles. The van der Waals surface area contributed by atoms with Crippen LogP contribution in [0.1, 0.15) is 17.0 Å². The molecule has 4 heteroatoms. The second-order valence-corrected chi connectivity index (χ2v) is 3.81. The molecule has 0 bridgehead atoms. The van der Waals surface area contributed by atoms with Gasteiger partial charge in [-0.15, -0.1) is 21.8 Å². The Hall–Kier alpha value is -1.35. The Kier molecular flexibility index (Phi) is 2.73. The summed E-state index contributed by atoms with van der Waals surface area (Å²) in [4.78, 5) is 0. The summed E-state index contributed by atoms with van der Waals surface area (Å²) in [5, 5.41) is 7.83. The molecule has 0 N–H and O–H groups in total. The lowest BCUT2D eigenvalue weighted by Crippen LogP contribution is -2.00. The van der Waals surface area contributed by atoms with E-state index in [9.17, 15) is 0 Å². The van der Waals surface area contributed by atoms with Crippen LogP contribution in [0.15, 0.2) is 24.5 Å². The van der Waals surface area contributed by atoms with Gasteiger partial charge in [0.1, 0.15) is 6.33 Å². The van der Waals surface area contributed by atoms with Gasteiger partial charge < -0.3 is 0 Å². The van der Waals surface area contributed by atoms with Gasteiger partial charge in [0.25, 0.3) is 0 Å². The second kappa shape index (κ2) is 4.03. The zero-order valence-electron chi connectivity index (χ0n) is 8.74. The molecule has 0 aliphatic heterocycles. The highest BCUT2D eigenvalue weighted by Gasteiger charge is 2.07. The van der Waals surface area contributed by atoms with Crippen molar-refractivity contribution < 1.29 is 0 Å². The first-order valence-electron chi connectivity index (χ1n) is 4.75. The Bertz CT molecular complexity index is 476. The predicted octanol–water partition coefficient (Wildman–Crippen LogP) is 2.62. The standard InChI is InChI=1S/C11H12ClN3/c1-8-3-4-9(2)10(5-8)15-7-13-14-11(15)6-12/h3-5,7H,6H2,1-2H3. The van der Waals surface area contributed by atoms with Gasteiger partial charge >= 0.3 is 0 Å². The summed E-state index contributed by atoms with van der Waals surface area (Å²) in [6, 6.07) is 6.28. The Labute approximate surface area is 93.7 Å². The largest absolute Gasteiger partial charge is 0.284 e. The maximum atomic E-state index is 5.79. The smallest absolute Gasteiger partial charge is 0.152 e. The van der Waals surface area contributed by atoms with Gasteiger partial charge in [0.05, 0.1) is 11.6 Å². The number of hydrogen-bond acceptors (Lipinski definition) is 2. The van der Waals surface area contributed by atoms with E-state index in [-0.39, 0.29) is 0 Å². The Balaban J connectivity index is 2.58. The highest BCUT2D eigenvalue weighted by Crippen LogP contribution is 2.17. The van der Waals surface area contributed by atoms with E-state index in [0.29, 0.717) is 5.88 Å². The number of rotatable bonds is 2. The summed E-state index contributed by atoms with van der Waals surface area (Å²) < 4.78 is 1.93. The fourth-order valence-electron chi connectivity index (χ4n) is 1.53. The van der Waals surface area contributed by atoms with E-state index in [1.165, 1.54) is 11.1 Å². The molecule has 0 radical (unpaired) electrons. The van der Waals surface area contributed by atoms with Gasteiger partial charge in [-0.25, -0.2) is 0 Å².